The summed E-state index contributed by atoms with van der Waals surface area (Å²) < 4.78 is 77.3. The highest BCUT2D eigenvalue weighted by Gasteiger charge is 2.42. The normalized spacial score (nSPS) is 17.3. The lowest BCUT2D eigenvalue weighted by atomic mass is 10.1. The molecule has 0 aliphatic carbocycles. The Hall–Kier alpha value is -2.35. The van der Waals surface area contributed by atoms with E-state index in [0.717, 1.165) is 9.87 Å². The first kappa shape index (κ1) is 24.3. The Balaban J connectivity index is 1.94. The van der Waals surface area contributed by atoms with E-state index in [1.54, 1.807) is 30.0 Å². The zero-order valence-electron chi connectivity index (χ0n) is 17.0. The molecule has 1 atom stereocenters. The number of alkyl halides is 3. The van der Waals surface area contributed by atoms with E-state index in [4.69, 9.17) is 16.9 Å². The van der Waals surface area contributed by atoms with Crippen LogP contribution in [0.15, 0.2) is 36.4 Å². The van der Waals surface area contributed by atoms with E-state index in [1.165, 1.54) is 18.2 Å². The van der Waals surface area contributed by atoms with Gasteiger partial charge in [-0.15, -0.1) is 0 Å². The van der Waals surface area contributed by atoms with E-state index in [9.17, 15) is 26.0 Å². The molecule has 11 heteroatoms. The van der Waals surface area contributed by atoms with Crippen molar-refractivity contribution in [3.05, 3.63) is 63.9 Å². The van der Waals surface area contributed by atoms with E-state index in [2.05, 4.69) is 0 Å². The van der Waals surface area contributed by atoms with Crippen molar-refractivity contribution in [1.82, 2.24) is 4.31 Å². The molecule has 0 N–H and O–H groups in total. The number of nitriles is 1. The van der Waals surface area contributed by atoms with Gasteiger partial charge in [-0.1, -0.05) is 17.7 Å². The largest absolute Gasteiger partial charge is 0.404 e. The summed E-state index contributed by atoms with van der Waals surface area (Å²) in [6.45, 7) is 1.77. The summed E-state index contributed by atoms with van der Waals surface area (Å²) in [6.07, 6.45) is -4.56. The third kappa shape index (κ3) is 5.71. The molecular formula is C21H20ClF4N3O2S. The number of aryl methyl sites for hydroxylation is 1. The predicted octanol–water partition coefficient (Wildman–Crippen LogP) is 4.63. The molecule has 32 heavy (non-hydrogen) atoms. The fraction of sp³-hybridized carbons (Fsp3) is 0.381. The van der Waals surface area contributed by atoms with Gasteiger partial charge in [0.2, 0.25) is 10.0 Å². The lowest BCUT2D eigenvalue weighted by molar-refractivity contribution is -0.107. The fourth-order valence-corrected chi connectivity index (χ4v) is 5.31. The van der Waals surface area contributed by atoms with Crippen molar-refractivity contribution in [2.75, 3.05) is 23.7 Å². The second kappa shape index (κ2) is 9.25. The number of benzene rings is 2. The van der Waals surface area contributed by atoms with E-state index >= 15 is 0 Å². The van der Waals surface area contributed by atoms with Crippen molar-refractivity contribution in [2.45, 2.75) is 32.1 Å². The van der Waals surface area contributed by atoms with Crippen LogP contribution in [0.1, 0.15) is 23.1 Å². The standard InChI is InChI=1S/C21H20ClF4N3O2S/c1-14-2-4-17(23)8-16(14)11-29(18-5-3-15(10-27)20(22)9-18)19-6-7-28(12-19)32(30,31)13-21(24,25)26/h2-5,8-9,19H,6-7,11-13H2,1H3/t19-/m0/s1. The highest BCUT2D eigenvalue weighted by Crippen LogP contribution is 2.31. The van der Waals surface area contributed by atoms with Crippen LogP contribution in [0, 0.1) is 24.1 Å². The quantitative estimate of drug-likeness (QED) is 0.555. The van der Waals surface area contributed by atoms with Crippen molar-refractivity contribution in [2.24, 2.45) is 0 Å². The van der Waals surface area contributed by atoms with Gasteiger partial charge in [0.15, 0.2) is 5.75 Å². The molecular weight excluding hydrogens is 470 g/mol. The van der Waals surface area contributed by atoms with Gasteiger partial charge in [-0.25, -0.2) is 12.8 Å². The van der Waals surface area contributed by atoms with Gasteiger partial charge in [0, 0.05) is 31.4 Å². The van der Waals surface area contributed by atoms with Gasteiger partial charge in [0.1, 0.15) is 11.9 Å². The summed E-state index contributed by atoms with van der Waals surface area (Å²) in [5, 5.41) is 9.31. The summed E-state index contributed by atoms with van der Waals surface area (Å²) in [4.78, 5) is 1.79. The molecule has 1 aliphatic rings. The Kier molecular flexibility index (Phi) is 7.03. The molecule has 1 saturated heterocycles. The van der Waals surface area contributed by atoms with Gasteiger partial charge in [-0.3, -0.25) is 0 Å². The molecule has 3 rings (SSSR count). The summed E-state index contributed by atoms with van der Waals surface area (Å²) in [5.74, 6) is -2.36. The molecule has 0 amide bonds. The van der Waals surface area contributed by atoms with Gasteiger partial charge < -0.3 is 4.90 Å². The van der Waals surface area contributed by atoms with Crippen LogP contribution in [0.4, 0.5) is 23.2 Å². The predicted molar refractivity (Wildman–Crippen MR) is 113 cm³/mol. The topological polar surface area (TPSA) is 64.4 Å². The zero-order chi connectivity index (χ0) is 23.7. The molecule has 0 aromatic heterocycles. The molecule has 1 heterocycles. The number of hydrogen-bond donors (Lipinski definition) is 0. The molecule has 2 aromatic carbocycles. The number of hydrogen-bond acceptors (Lipinski definition) is 4. The lowest BCUT2D eigenvalue weighted by Gasteiger charge is -2.32. The zero-order valence-corrected chi connectivity index (χ0v) is 18.6. The van der Waals surface area contributed by atoms with Crippen molar-refractivity contribution in [1.29, 1.82) is 5.26 Å². The first-order valence-corrected chi connectivity index (χ1v) is 11.6. The maximum atomic E-state index is 13.8. The minimum atomic E-state index is -4.84. The van der Waals surface area contributed by atoms with Crippen LogP contribution in [0.25, 0.3) is 0 Å². The summed E-state index contributed by atoms with van der Waals surface area (Å²) >= 11 is 6.17. The Labute approximate surface area is 188 Å². The van der Waals surface area contributed by atoms with E-state index < -0.39 is 33.8 Å². The molecule has 0 radical (unpaired) electrons. The molecule has 172 valence electrons. The van der Waals surface area contributed by atoms with E-state index in [0.29, 0.717) is 11.3 Å². The van der Waals surface area contributed by atoms with Crippen LogP contribution in [0.2, 0.25) is 5.02 Å². The second-order valence-corrected chi connectivity index (χ2v) is 10.0. The fourth-order valence-electron chi connectivity index (χ4n) is 3.71. The molecule has 1 fully saturated rings. The highest BCUT2D eigenvalue weighted by atomic mass is 35.5. The maximum absolute atomic E-state index is 13.8. The van der Waals surface area contributed by atoms with E-state index in [-0.39, 0.29) is 36.6 Å². The molecule has 5 nitrogen and oxygen atoms in total. The van der Waals surface area contributed by atoms with Crippen LogP contribution in [0.5, 0.6) is 0 Å². The van der Waals surface area contributed by atoms with Crippen molar-refractivity contribution < 1.29 is 26.0 Å². The maximum Gasteiger partial charge on any atom is 0.404 e. The van der Waals surface area contributed by atoms with Gasteiger partial charge in [0.25, 0.3) is 0 Å². The van der Waals surface area contributed by atoms with Gasteiger partial charge in [-0.2, -0.15) is 22.7 Å². The van der Waals surface area contributed by atoms with Crippen LogP contribution < -0.4 is 4.90 Å². The third-order valence-electron chi connectivity index (χ3n) is 5.36. The Morgan fingerprint density at radius 3 is 2.59 bits per heavy atom. The highest BCUT2D eigenvalue weighted by molar-refractivity contribution is 7.89. The Bertz CT molecular complexity index is 1150. The van der Waals surface area contributed by atoms with Gasteiger partial charge in [0.05, 0.1) is 10.6 Å². The number of nitrogens with zero attached hydrogens (tertiary/aromatic N) is 3. The molecule has 0 saturated carbocycles. The summed E-state index contributed by atoms with van der Waals surface area (Å²) in [7, 11) is -4.52. The summed E-state index contributed by atoms with van der Waals surface area (Å²) in [5.41, 5.74) is 2.24. The first-order valence-electron chi connectivity index (χ1n) is 9.65. The van der Waals surface area contributed by atoms with Crippen LogP contribution in [-0.2, 0) is 16.6 Å². The van der Waals surface area contributed by atoms with Gasteiger partial charge in [-0.05, 0) is 54.8 Å². The van der Waals surface area contributed by atoms with Crippen LogP contribution in [-0.4, -0.2) is 43.8 Å². The number of sulfonamides is 1. The number of anilines is 1. The molecule has 0 spiro atoms. The third-order valence-corrected chi connectivity index (χ3v) is 7.49. The molecule has 1 aliphatic heterocycles. The number of rotatable bonds is 6. The lowest BCUT2D eigenvalue weighted by Crippen LogP contribution is -2.41. The monoisotopic (exact) mass is 489 g/mol. The average molecular weight is 490 g/mol. The van der Waals surface area contributed by atoms with Crippen molar-refractivity contribution >= 4 is 27.3 Å². The van der Waals surface area contributed by atoms with Crippen LogP contribution in [0.3, 0.4) is 0 Å². The van der Waals surface area contributed by atoms with Crippen molar-refractivity contribution in [3.63, 3.8) is 0 Å². The minimum absolute atomic E-state index is 0.0638. The second-order valence-electron chi connectivity index (χ2n) is 7.65. The van der Waals surface area contributed by atoms with E-state index in [1.807, 2.05) is 6.07 Å². The average Bonchev–Trinajstić information content (AvgIpc) is 3.17. The summed E-state index contributed by atoms with van der Waals surface area (Å²) in [6, 6.07) is 10.5. The minimum Gasteiger partial charge on any atom is -0.363 e. The van der Waals surface area contributed by atoms with Crippen molar-refractivity contribution in [3.8, 4) is 6.07 Å². The van der Waals surface area contributed by atoms with Crippen LogP contribution >= 0.6 is 11.6 Å². The molecule has 0 unspecified atom stereocenters. The SMILES string of the molecule is Cc1ccc(F)cc1CN(c1ccc(C#N)c(Cl)c1)[C@H]1CCN(S(=O)(=O)CC(F)(F)F)C1. The smallest absolute Gasteiger partial charge is 0.363 e. The molecule has 2 aromatic rings. The number of halogens is 5. The Morgan fingerprint density at radius 1 is 1.25 bits per heavy atom. The molecule has 0 bridgehead atoms. The Morgan fingerprint density at radius 2 is 1.97 bits per heavy atom. The first-order chi connectivity index (χ1) is 14.9. The van der Waals surface area contributed by atoms with Gasteiger partial charge >= 0.3 is 6.18 Å².